The minimum absolute atomic E-state index is 0.124. The van der Waals surface area contributed by atoms with Crippen LogP contribution in [0.25, 0.3) is 0 Å². The molecule has 0 amide bonds. The van der Waals surface area contributed by atoms with Crippen LogP contribution in [0.2, 0.25) is 0 Å². The average Bonchev–Trinajstić information content (AvgIpc) is 2.46. The molecule has 114 valence electrons. The van der Waals surface area contributed by atoms with Crippen LogP contribution < -0.4 is 10.5 Å². The molecule has 4 saturated carbocycles. The van der Waals surface area contributed by atoms with Crippen molar-refractivity contribution in [3.8, 4) is 5.75 Å². The van der Waals surface area contributed by atoms with Gasteiger partial charge in [-0.05, 0) is 80.2 Å². The van der Waals surface area contributed by atoms with Crippen LogP contribution in [0.4, 0.5) is 0 Å². The maximum absolute atomic E-state index is 6.76. The highest BCUT2D eigenvalue weighted by atomic mass is 16.5. The Morgan fingerprint density at radius 1 is 1.19 bits per heavy atom. The van der Waals surface area contributed by atoms with Gasteiger partial charge >= 0.3 is 0 Å². The molecular formula is C18H26N2O. The predicted molar refractivity (Wildman–Crippen MR) is 82.9 cm³/mol. The van der Waals surface area contributed by atoms with Gasteiger partial charge in [-0.3, -0.25) is 4.98 Å². The summed E-state index contributed by atoms with van der Waals surface area (Å²) < 4.78 is 5.60. The smallest absolute Gasteiger partial charge is 0.137 e. The Morgan fingerprint density at radius 3 is 2.38 bits per heavy atom. The van der Waals surface area contributed by atoms with Gasteiger partial charge in [-0.15, -0.1) is 0 Å². The van der Waals surface area contributed by atoms with Crippen molar-refractivity contribution in [3.63, 3.8) is 0 Å². The molecule has 3 nitrogen and oxygen atoms in total. The van der Waals surface area contributed by atoms with Crippen LogP contribution in [0.5, 0.6) is 5.75 Å². The fraction of sp³-hybridized carbons (Fsp3) is 0.722. The van der Waals surface area contributed by atoms with Gasteiger partial charge in [0, 0.05) is 12.2 Å². The lowest BCUT2D eigenvalue weighted by Gasteiger charge is -2.59. The molecule has 4 aliphatic rings. The zero-order valence-electron chi connectivity index (χ0n) is 12.9. The number of pyridine rings is 1. The Kier molecular flexibility index (Phi) is 3.21. The predicted octanol–water partition coefficient (Wildman–Crippen LogP) is 3.70. The van der Waals surface area contributed by atoms with E-state index in [1.807, 2.05) is 13.1 Å². The monoisotopic (exact) mass is 286 g/mol. The van der Waals surface area contributed by atoms with Gasteiger partial charge in [0.15, 0.2) is 0 Å². The van der Waals surface area contributed by atoms with E-state index in [0.29, 0.717) is 12.0 Å². The van der Waals surface area contributed by atoms with Crippen molar-refractivity contribution in [1.29, 1.82) is 0 Å². The summed E-state index contributed by atoms with van der Waals surface area (Å²) in [4.78, 5) is 4.35. The molecule has 0 aromatic carbocycles. The Hall–Kier alpha value is -1.09. The molecule has 0 saturated heterocycles. The second-order valence-electron chi connectivity index (χ2n) is 7.64. The Balaban J connectivity index is 1.62. The highest BCUT2D eigenvalue weighted by molar-refractivity contribution is 5.28. The van der Waals surface area contributed by atoms with E-state index in [4.69, 9.17) is 10.5 Å². The third-order valence-corrected chi connectivity index (χ3v) is 6.15. The molecule has 1 heterocycles. The zero-order valence-corrected chi connectivity index (χ0v) is 12.9. The van der Waals surface area contributed by atoms with Crippen molar-refractivity contribution in [2.45, 2.75) is 51.5 Å². The maximum Gasteiger partial charge on any atom is 0.137 e. The van der Waals surface area contributed by atoms with Crippen molar-refractivity contribution in [2.24, 2.45) is 28.9 Å². The topological polar surface area (TPSA) is 48.1 Å². The minimum Gasteiger partial charge on any atom is -0.492 e. The van der Waals surface area contributed by atoms with Gasteiger partial charge in [0.25, 0.3) is 0 Å². The van der Waals surface area contributed by atoms with E-state index in [9.17, 15) is 0 Å². The molecule has 1 aromatic rings. The first-order valence-corrected chi connectivity index (χ1v) is 8.52. The van der Waals surface area contributed by atoms with Gasteiger partial charge in [0.05, 0.1) is 12.8 Å². The first kappa shape index (κ1) is 13.6. The van der Waals surface area contributed by atoms with Gasteiger partial charge < -0.3 is 10.5 Å². The van der Waals surface area contributed by atoms with Crippen LogP contribution >= 0.6 is 0 Å². The normalized spacial score (nSPS) is 38.5. The van der Waals surface area contributed by atoms with Crippen molar-refractivity contribution in [2.75, 3.05) is 6.61 Å². The number of nitrogens with two attached hydrogens (primary N) is 1. The fourth-order valence-corrected chi connectivity index (χ4v) is 5.76. The summed E-state index contributed by atoms with van der Waals surface area (Å²) >= 11 is 0. The maximum atomic E-state index is 6.76. The lowest BCUT2D eigenvalue weighted by Crippen LogP contribution is -2.50. The summed E-state index contributed by atoms with van der Waals surface area (Å²) in [6.07, 6.45) is 12.1. The van der Waals surface area contributed by atoms with Gasteiger partial charge in [0.2, 0.25) is 0 Å². The second-order valence-corrected chi connectivity index (χ2v) is 7.64. The van der Waals surface area contributed by atoms with Crippen molar-refractivity contribution in [1.82, 2.24) is 4.98 Å². The molecule has 1 atom stereocenters. The summed E-state index contributed by atoms with van der Waals surface area (Å²) in [5, 5.41) is 0. The summed E-state index contributed by atoms with van der Waals surface area (Å²) in [5.74, 6) is 3.66. The van der Waals surface area contributed by atoms with Crippen LogP contribution in [-0.2, 0) is 0 Å². The summed E-state index contributed by atoms with van der Waals surface area (Å²) in [7, 11) is 0. The number of aromatic nitrogens is 1. The number of hydrogen-bond donors (Lipinski definition) is 1. The highest BCUT2D eigenvalue weighted by Gasteiger charge is 2.53. The van der Waals surface area contributed by atoms with E-state index in [1.165, 1.54) is 44.1 Å². The molecule has 0 radical (unpaired) electrons. The van der Waals surface area contributed by atoms with E-state index in [1.54, 1.807) is 6.20 Å². The average molecular weight is 286 g/mol. The van der Waals surface area contributed by atoms with Gasteiger partial charge in [-0.1, -0.05) is 0 Å². The number of rotatable bonds is 4. The lowest BCUT2D eigenvalue weighted by atomic mass is 9.47. The highest BCUT2D eigenvalue weighted by Crippen LogP contribution is 2.63. The SMILES string of the molecule is CCOc1cncc(C(N)C23CC4CC(CC(C4)C2)C3)c1. The molecule has 2 N–H and O–H groups in total. The van der Waals surface area contributed by atoms with E-state index in [0.717, 1.165) is 23.5 Å². The van der Waals surface area contributed by atoms with Crippen LogP contribution in [0, 0.1) is 23.2 Å². The first-order valence-electron chi connectivity index (χ1n) is 8.52. The quantitative estimate of drug-likeness (QED) is 0.918. The number of hydrogen-bond acceptors (Lipinski definition) is 3. The van der Waals surface area contributed by atoms with E-state index < -0.39 is 0 Å². The second kappa shape index (κ2) is 4.98. The van der Waals surface area contributed by atoms with Gasteiger partial charge in [-0.2, -0.15) is 0 Å². The van der Waals surface area contributed by atoms with Gasteiger partial charge in [0.1, 0.15) is 5.75 Å². The molecular weight excluding hydrogens is 260 g/mol. The molecule has 1 aromatic heterocycles. The first-order chi connectivity index (χ1) is 10.2. The summed E-state index contributed by atoms with van der Waals surface area (Å²) in [6, 6.07) is 2.23. The molecule has 1 unspecified atom stereocenters. The van der Waals surface area contributed by atoms with Crippen molar-refractivity contribution >= 4 is 0 Å². The van der Waals surface area contributed by atoms with Crippen LogP contribution in [0.15, 0.2) is 18.5 Å². The van der Waals surface area contributed by atoms with E-state index >= 15 is 0 Å². The molecule has 4 aliphatic carbocycles. The standard InChI is InChI=1S/C18H26N2O/c1-2-21-16-6-15(10-20-11-16)17(19)18-7-12-3-13(8-18)5-14(4-12)9-18/h6,10-14,17H,2-5,7-9,19H2,1H3. The van der Waals surface area contributed by atoms with Crippen LogP contribution in [-0.4, -0.2) is 11.6 Å². The van der Waals surface area contributed by atoms with Gasteiger partial charge in [-0.25, -0.2) is 0 Å². The molecule has 4 bridgehead atoms. The zero-order chi connectivity index (χ0) is 14.4. The Bertz CT molecular complexity index is 492. The number of ether oxygens (including phenoxy) is 1. The van der Waals surface area contributed by atoms with Crippen molar-refractivity contribution in [3.05, 3.63) is 24.0 Å². The lowest BCUT2D eigenvalue weighted by molar-refractivity contribution is -0.0678. The molecule has 5 rings (SSSR count). The largest absolute Gasteiger partial charge is 0.492 e. The van der Waals surface area contributed by atoms with Crippen molar-refractivity contribution < 1.29 is 4.74 Å². The van der Waals surface area contributed by atoms with Crippen LogP contribution in [0.1, 0.15) is 57.1 Å². The molecule has 4 fully saturated rings. The summed E-state index contributed by atoms with van der Waals surface area (Å²) in [6.45, 7) is 2.68. The molecule has 21 heavy (non-hydrogen) atoms. The fourth-order valence-electron chi connectivity index (χ4n) is 5.76. The van der Waals surface area contributed by atoms with E-state index in [-0.39, 0.29) is 6.04 Å². The van der Waals surface area contributed by atoms with Crippen LogP contribution in [0.3, 0.4) is 0 Å². The molecule has 3 heteroatoms. The number of nitrogens with zero attached hydrogens (tertiary/aromatic N) is 1. The Morgan fingerprint density at radius 2 is 1.81 bits per heavy atom. The Labute approximate surface area is 127 Å². The molecule has 0 aliphatic heterocycles. The third kappa shape index (κ3) is 2.26. The minimum atomic E-state index is 0.124. The summed E-state index contributed by atoms with van der Waals surface area (Å²) in [5.41, 5.74) is 8.27. The molecule has 0 spiro atoms. The van der Waals surface area contributed by atoms with E-state index in [2.05, 4.69) is 11.1 Å². The third-order valence-electron chi connectivity index (χ3n) is 6.15.